The summed E-state index contributed by atoms with van der Waals surface area (Å²) in [6.07, 6.45) is 2.89. The van der Waals surface area contributed by atoms with Gasteiger partial charge in [-0.15, -0.1) is 0 Å². The number of ether oxygens (including phenoxy) is 1. The first-order valence-electron chi connectivity index (χ1n) is 8.00. The zero-order valence-electron chi connectivity index (χ0n) is 14.6. The summed E-state index contributed by atoms with van der Waals surface area (Å²) in [4.78, 5) is 39.3. The van der Waals surface area contributed by atoms with Gasteiger partial charge in [0, 0.05) is 18.3 Å². The second-order valence-electron chi connectivity index (χ2n) is 5.65. The number of aromatic nitrogens is 4. The van der Waals surface area contributed by atoms with Crippen LogP contribution in [0.5, 0.6) is 5.75 Å². The maximum atomic E-state index is 13.3. The number of amides is 1. The zero-order chi connectivity index (χ0) is 19.4. The van der Waals surface area contributed by atoms with Crippen molar-refractivity contribution < 1.29 is 13.9 Å². The molecule has 0 radical (unpaired) electrons. The Morgan fingerprint density at radius 2 is 2.07 bits per heavy atom. The molecule has 9 heteroatoms. The molecule has 8 nitrogen and oxygen atoms in total. The van der Waals surface area contributed by atoms with Crippen LogP contribution in [0.25, 0.3) is 11.4 Å². The number of aromatic amines is 1. The topological polar surface area (TPSA) is 110 Å². The Kier molecular flexibility index (Phi) is 5.20. The summed E-state index contributed by atoms with van der Waals surface area (Å²) in [7, 11) is 1.35. The third kappa shape index (κ3) is 4.14. The number of rotatable bonds is 5. The summed E-state index contributed by atoms with van der Waals surface area (Å²) in [6.45, 7) is 1.66. The number of carbonyl (C=O) groups is 1. The molecule has 2 N–H and O–H groups in total. The van der Waals surface area contributed by atoms with Crippen molar-refractivity contribution in [2.45, 2.75) is 13.0 Å². The molecule has 1 amide bonds. The van der Waals surface area contributed by atoms with Gasteiger partial charge in [0.1, 0.15) is 23.7 Å². The number of methoxy groups -OCH3 is 1. The SMILES string of the molecule is COc1cc(F)ccc1C(=O)NC(C)c1nc(-c2ccncn2)cc(=O)[nH]1. The van der Waals surface area contributed by atoms with E-state index in [1.807, 2.05) is 0 Å². The van der Waals surface area contributed by atoms with Crippen LogP contribution in [0.2, 0.25) is 0 Å². The van der Waals surface area contributed by atoms with E-state index in [4.69, 9.17) is 4.74 Å². The predicted molar refractivity (Wildman–Crippen MR) is 94.7 cm³/mol. The standard InChI is InChI=1S/C18H16FN5O3/c1-10(22-18(26)12-4-3-11(19)7-15(12)27-2)17-23-14(8-16(25)24-17)13-5-6-20-9-21-13/h3-10H,1-2H3,(H,22,26)(H,23,24,25). The number of benzene rings is 1. The molecule has 0 fully saturated rings. The molecule has 2 aromatic heterocycles. The Labute approximate surface area is 153 Å². The van der Waals surface area contributed by atoms with Gasteiger partial charge in [-0.25, -0.2) is 19.3 Å². The van der Waals surface area contributed by atoms with Crippen LogP contribution in [-0.4, -0.2) is 33.0 Å². The molecule has 0 bridgehead atoms. The van der Waals surface area contributed by atoms with Gasteiger partial charge in [-0.05, 0) is 25.1 Å². The minimum atomic E-state index is -0.623. The molecule has 0 saturated heterocycles. The third-order valence-corrected chi connectivity index (χ3v) is 3.77. The molecule has 1 unspecified atom stereocenters. The first-order chi connectivity index (χ1) is 13.0. The Hall–Kier alpha value is -3.62. The van der Waals surface area contributed by atoms with Crippen LogP contribution >= 0.6 is 0 Å². The normalized spacial score (nSPS) is 11.7. The molecule has 0 saturated carbocycles. The fourth-order valence-corrected chi connectivity index (χ4v) is 2.45. The first-order valence-corrected chi connectivity index (χ1v) is 8.00. The number of carbonyl (C=O) groups excluding carboxylic acids is 1. The van der Waals surface area contributed by atoms with Crippen LogP contribution < -0.4 is 15.6 Å². The number of hydrogen-bond acceptors (Lipinski definition) is 6. The lowest BCUT2D eigenvalue weighted by molar-refractivity contribution is 0.0935. The Morgan fingerprint density at radius 1 is 1.26 bits per heavy atom. The molecule has 0 aliphatic carbocycles. The zero-order valence-corrected chi connectivity index (χ0v) is 14.6. The summed E-state index contributed by atoms with van der Waals surface area (Å²) in [5, 5.41) is 2.71. The monoisotopic (exact) mass is 369 g/mol. The molecule has 3 aromatic rings. The largest absolute Gasteiger partial charge is 0.496 e. The average Bonchev–Trinajstić information content (AvgIpc) is 2.67. The maximum absolute atomic E-state index is 13.3. The average molecular weight is 369 g/mol. The van der Waals surface area contributed by atoms with Crippen molar-refractivity contribution >= 4 is 5.91 Å². The highest BCUT2D eigenvalue weighted by Gasteiger charge is 2.18. The predicted octanol–water partition coefficient (Wildman–Crippen LogP) is 1.87. The van der Waals surface area contributed by atoms with Gasteiger partial charge >= 0.3 is 0 Å². The summed E-state index contributed by atoms with van der Waals surface area (Å²) in [5.41, 5.74) is 0.627. The van der Waals surface area contributed by atoms with E-state index in [1.54, 1.807) is 13.0 Å². The van der Waals surface area contributed by atoms with Crippen molar-refractivity contribution in [1.29, 1.82) is 0 Å². The number of nitrogens with zero attached hydrogens (tertiary/aromatic N) is 3. The smallest absolute Gasteiger partial charge is 0.255 e. The van der Waals surface area contributed by atoms with Gasteiger partial charge in [0.25, 0.3) is 11.5 Å². The quantitative estimate of drug-likeness (QED) is 0.710. The van der Waals surface area contributed by atoms with Crippen molar-refractivity contribution in [3.05, 3.63) is 70.4 Å². The summed E-state index contributed by atoms with van der Waals surface area (Å²) < 4.78 is 18.3. The van der Waals surface area contributed by atoms with Gasteiger partial charge in [0.15, 0.2) is 0 Å². The van der Waals surface area contributed by atoms with Crippen LogP contribution in [0.3, 0.4) is 0 Å². The van der Waals surface area contributed by atoms with Crippen LogP contribution in [0.1, 0.15) is 29.1 Å². The van der Waals surface area contributed by atoms with Crippen LogP contribution in [0.15, 0.2) is 47.7 Å². The molecule has 138 valence electrons. The first kappa shape index (κ1) is 18.2. The molecule has 27 heavy (non-hydrogen) atoms. The third-order valence-electron chi connectivity index (χ3n) is 3.77. The van der Waals surface area contributed by atoms with E-state index in [0.29, 0.717) is 11.4 Å². The Balaban J connectivity index is 1.86. The van der Waals surface area contributed by atoms with Crippen LogP contribution in [0, 0.1) is 5.82 Å². The number of halogens is 1. The summed E-state index contributed by atoms with van der Waals surface area (Å²) in [5.74, 6) is -0.643. The lowest BCUT2D eigenvalue weighted by atomic mass is 10.1. The second-order valence-corrected chi connectivity index (χ2v) is 5.65. The van der Waals surface area contributed by atoms with Crippen molar-refractivity contribution in [3.8, 4) is 17.1 Å². The van der Waals surface area contributed by atoms with Crippen molar-refractivity contribution in [1.82, 2.24) is 25.3 Å². The van der Waals surface area contributed by atoms with Crippen molar-refractivity contribution in [2.24, 2.45) is 0 Å². The maximum Gasteiger partial charge on any atom is 0.255 e. The van der Waals surface area contributed by atoms with Gasteiger partial charge in [-0.1, -0.05) is 0 Å². The van der Waals surface area contributed by atoms with E-state index in [-0.39, 0.29) is 22.7 Å². The molecule has 0 spiro atoms. The number of hydrogen-bond donors (Lipinski definition) is 2. The highest BCUT2D eigenvalue weighted by atomic mass is 19.1. The van der Waals surface area contributed by atoms with E-state index in [1.165, 1.54) is 31.8 Å². The Morgan fingerprint density at radius 3 is 2.78 bits per heavy atom. The van der Waals surface area contributed by atoms with Crippen LogP contribution in [-0.2, 0) is 0 Å². The van der Waals surface area contributed by atoms with E-state index in [9.17, 15) is 14.0 Å². The van der Waals surface area contributed by atoms with Gasteiger partial charge < -0.3 is 15.0 Å². The highest BCUT2D eigenvalue weighted by molar-refractivity contribution is 5.97. The second kappa shape index (κ2) is 7.73. The lowest BCUT2D eigenvalue weighted by Gasteiger charge is -2.15. The van der Waals surface area contributed by atoms with Crippen molar-refractivity contribution in [2.75, 3.05) is 7.11 Å². The number of nitrogens with one attached hydrogen (secondary N) is 2. The molecular formula is C18H16FN5O3. The van der Waals surface area contributed by atoms with Gasteiger partial charge in [-0.3, -0.25) is 9.59 Å². The highest BCUT2D eigenvalue weighted by Crippen LogP contribution is 2.21. The van der Waals surface area contributed by atoms with E-state index < -0.39 is 17.8 Å². The van der Waals surface area contributed by atoms with Gasteiger partial charge in [0.2, 0.25) is 0 Å². The minimum absolute atomic E-state index is 0.107. The summed E-state index contributed by atoms with van der Waals surface area (Å²) >= 11 is 0. The van der Waals surface area contributed by atoms with E-state index in [0.717, 1.165) is 12.1 Å². The molecule has 1 aromatic carbocycles. The molecule has 2 heterocycles. The Bertz CT molecular complexity index is 1020. The molecule has 1 atom stereocenters. The van der Waals surface area contributed by atoms with Gasteiger partial charge in [0.05, 0.1) is 30.1 Å². The molecule has 3 rings (SSSR count). The molecular weight excluding hydrogens is 353 g/mol. The minimum Gasteiger partial charge on any atom is -0.496 e. The molecule has 0 aliphatic heterocycles. The van der Waals surface area contributed by atoms with E-state index >= 15 is 0 Å². The molecule has 0 aliphatic rings. The van der Waals surface area contributed by atoms with E-state index in [2.05, 4.69) is 25.3 Å². The van der Waals surface area contributed by atoms with Gasteiger partial charge in [-0.2, -0.15) is 0 Å². The lowest BCUT2D eigenvalue weighted by Crippen LogP contribution is -2.29. The van der Waals surface area contributed by atoms with Crippen molar-refractivity contribution in [3.63, 3.8) is 0 Å². The number of H-pyrrole nitrogens is 1. The van der Waals surface area contributed by atoms with Crippen LogP contribution in [0.4, 0.5) is 4.39 Å². The summed E-state index contributed by atoms with van der Waals surface area (Å²) in [6, 6.07) is 5.92. The fraction of sp³-hybridized carbons (Fsp3) is 0.167. The fourth-order valence-electron chi connectivity index (χ4n) is 2.45.